The van der Waals surface area contributed by atoms with Gasteiger partial charge in [0.1, 0.15) is 22.6 Å². The summed E-state index contributed by atoms with van der Waals surface area (Å²) in [5.41, 5.74) is 1.36. The van der Waals surface area contributed by atoms with Crippen molar-refractivity contribution < 1.29 is 4.39 Å². The van der Waals surface area contributed by atoms with Gasteiger partial charge in [0, 0.05) is 18.2 Å². The van der Waals surface area contributed by atoms with Crippen molar-refractivity contribution in [1.82, 2.24) is 9.97 Å². The van der Waals surface area contributed by atoms with E-state index in [9.17, 15) is 4.39 Å². The molecule has 0 aliphatic heterocycles. The van der Waals surface area contributed by atoms with Crippen molar-refractivity contribution in [3.63, 3.8) is 0 Å². The minimum Gasteiger partial charge on any atom is -0.340 e. The zero-order chi connectivity index (χ0) is 13.8. The van der Waals surface area contributed by atoms with Crippen LogP contribution in [0.1, 0.15) is 24.7 Å². The normalized spacial score (nSPS) is 10.5. The SMILES string of the molecule is CCCc1nc(Cl)cc(Nc2ccc(F)c(C)c2)n1. The van der Waals surface area contributed by atoms with E-state index in [1.165, 1.54) is 6.07 Å². The van der Waals surface area contributed by atoms with E-state index in [2.05, 4.69) is 22.2 Å². The number of aromatic nitrogens is 2. The predicted octanol–water partition coefficient (Wildman–Crippen LogP) is 4.27. The molecule has 1 aromatic carbocycles. The van der Waals surface area contributed by atoms with Crippen molar-refractivity contribution in [2.24, 2.45) is 0 Å². The first kappa shape index (κ1) is 13.7. The van der Waals surface area contributed by atoms with Gasteiger partial charge in [0.2, 0.25) is 0 Å². The van der Waals surface area contributed by atoms with Crippen LogP contribution in [-0.4, -0.2) is 9.97 Å². The standard InChI is InChI=1S/C14H15ClFN3/c1-3-4-13-18-12(15)8-14(19-13)17-10-5-6-11(16)9(2)7-10/h5-8H,3-4H2,1-2H3,(H,17,18,19). The van der Waals surface area contributed by atoms with E-state index < -0.39 is 0 Å². The Morgan fingerprint density at radius 1 is 1.26 bits per heavy atom. The molecule has 0 saturated heterocycles. The number of benzene rings is 1. The number of nitrogens with one attached hydrogen (secondary N) is 1. The second-order valence-electron chi connectivity index (χ2n) is 4.33. The van der Waals surface area contributed by atoms with Crippen molar-refractivity contribution in [3.05, 3.63) is 46.6 Å². The Hall–Kier alpha value is -1.68. The molecule has 0 unspecified atom stereocenters. The topological polar surface area (TPSA) is 37.8 Å². The Kier molecular flexibility index (Phi) is 4.32. The van der Waals surface area contributed by atoms with E-state index in [0.29, 0.717) is 22.4 Å². The summed E-state index contributed by atoms with van der Waals surface area (Å²) >= 11 is 5.96. The Bertz CT molecular complexity index is 587. The lowest BCUT2D eigenvalue weighted by Crippen LogP contribution is -2.00. The van der Waals surface area contributed by atoms with Gasteiger partial charge < -0.3 is 5.32 Å². The zero-order valence-electron chi connectivity index (χ0n) is 10.9. The van der Waals surface area contributed by atoms with Gasteiger partial charge >= 0.3 is 0 Å². The van der Waals surface area contributed by atoms with E-state index in [1.807, 2.05) is 0 Å². The number of nitrogens with zero attached hydrogens (tertiary/aromatic N) is 2. The molecule has 0 fully saturated rings. The van der Waals surface area contributed by atoms with Crippen LogP contribution in [0, 0.1) is 12.7 Å². The minimum absolute atomic E-state index is 0.224. The fraction of sp³-hybridized carbons (Fsp3) is 0.286. The van der Waals surface area contributed by atoms with Gasteiger partial charge in [0.15, 0.2) is 0 Å². The third kappa shape index (κ3) is 3.64. The van der Waals surface area contributed by atoms with Crippen molar-refractivity contribution in [2.45, 2.75) is 26.7 Å². The molecule has 0 spiro atoms. The van der Waals surface area contributed by atoms with Crippen molar-refractivity contribution in [2.75, 3.05) is 5.32 Å². The molecule has 0 atom stereocenters. The van der Waals surface area contributed by atoms with Gasteiger partial charge in [-0.3, -0.25) is 0 Å². The van der Waals surface area contributed by atoms with Crippen LogP contribution in [0.2, 0.25) is 5.15 Å². The fourth-order valence-electron chi connectivity index (χ4n) is 1.73. The summed E-state index contributed by atoms with van der Waals surface area (Å²) in [6, 6.07) is 6.47. The molecule has 2 aromatic rings. The van der Waals surface area contributed by atoms with E-state index >= 15 is 0 Å². The first-order valence-electron chi connectivity index (χ1n) is 6.15. The molecule has 2 rings (SSSR count). The van der Waals surface area contributed by atoms with Gasteiger partial charge in [-0.1, -0.05) is 18.5 Å². The summed E-state index contributed by atoms with van der Waals surface area (Å²) in [7, 11) is 0. The molecule has 1 heterocycles. The van der Waals surface area contributed by atoms with Gasteiger partial charge in [0.25, 0.3) is 0 Å². The summed E-state index contributed by atoms with van der Waals surface area (Å²) in [5.74, 6) is 1.10. The largest absolute Gasteiger partial charge is 0.340 e. The van der Waals surface area contributed by atoms with Crippen LogP contribution in [0.3, 0.4) is 0 Å². The highest BCUT2D eigenvalue weighted by Gasteiger charge is 2.04. The lowest BCUT2D eigenvalue weighted by molar-refractivity contribution is 0.619. The van der Waals surface area contributed by atoms with E-state index in [-0.39, 0.29) is 5.82 Å². The minimum atomic E-state index is -0.224. The highest BCUT2D eigenvalue weighted by atomic mass is 35.5. The Balaban J connectivity index is 2.24. The third-order valence-corrected chi connectivity index (χ3v) is 2.84. The molecule has 3 nitrogen and oxygen atoms in total. The Morgan fingerprint density at radius 3 is 2.74 bits per heavy atom. The molecule has 5 heteroatoms. The third-order valence-electron chi connectivity index (χ3n) is 2.65. The number of hydrogen-bond acceptors (Lipinski definition) is 3. The quantitative estimate of drug-likeness (QED) is 0.849. The van der Waals surface area contributed by atoms with Crippen LogP contribution in [-0.2, 0) is 6.42 Å². The van der Waals surface area contributed by atoms with Gasteiger partial charge in [-0.15, -0.1) is 0 Å². The molecule has 100 valence electrons. The van der Waals surface area contributed by atoms with Crippen LogP contribution in [0.25, 0.3) is 0 Å². The Labute approximate surface area is 116 Å². The van der Waals surface area contributed by atoms with Crippen LogP contribution >= 0.6 is 11.6 Å². The summed E-state index contributed by atoms with van der Waals surface area (Å²) in [4.78, 5) is 8.52. The first-order chi connectivity index (χ1) is 9.08. The van der Waals surface area contributed by atoms with E-state index in [4.69, 9.17) is 11.6 Å². The van der Waals surface area contributed by atoms with Crippen LogP contribution in [0.4, 0.5) is 15.9 Å². The van der Waals surface area contributed by atoms with Gasteiger partial charge in [-0.25, -0.2) is 14.4 Å². The van der Waals surface area contributed by atoms with Crippen LogP contribution < -0.4 is 5.32 Å². The molecule has 1 N–H and O–H groups in total. The second-order valence-corrected chi connectivity index (χ2v) is 4.72. The van der Waals surface area contributed by atoms with Crippen molar-refractivity contribution in [1.29, 1.82) is 0 Å². The van der Waals surface area contributed by atoms with E-state index in [0.717, 1.165) is 18.5 Å². The molecule has 0 radical (unpaired) electrons. The summed E-state index contributed by atoms with van der Waals surface area (Å²) in [5, 5.41) is 3.51. The number of aryl methyl sites for hydroxylation is 2. The summed E-state index contributed by atoms with van der Waals surface area (Å²) in [6.45, 7) is 3.77. The summed E-state index contributed by atoms with van der Waals surface area (Å²) < 4.78 is 13.2. The average molecular weight is 280 g/mol. The van der Waals surface area contributed by atoms with Gasteiger partial charge in [-0.05, 0) is 37.1 Å². The predicted molar refractivity (Wildman–Crippen MR) is 75.5 cm³/mol. The molecule has 0 saturated carbocycles. The maximum Gasteiger partial charge on any atom is 0.135 e. The molecule has 0 bridgehead atoms. The van der Waals surface area contributed by atoms with Crippen molar-refractivity contribution in [3.8, 4) is 0 Å². The fourth-order valence-corrected chi connectivity index (χ4v) is 1.94. The first-order valence-corrected chi connectivity index (χ1v) is 6.53. The van der Waals surface area contributed by atoms with Crippen molar-refractivity contribution >= 4 is 23.1 Å². The van der Waals surface area contributed by atoms with Gasteiger partial charge in [-0.2, -0.15) is 0 Å². The van der Waals surface area contributed by atoms with E-state index in [1.54, 1.807) is 25.1 Å². The lowest BCUT2D eigenvalue weighted by Gasteiger charge is -2.08. The smallest absolute Gasteiger partial charge is 0.135 e. The van der Waals surface area contributed by atoms with Crippen LogP contribution in [0.5, 0.6) is 0 Å². The molecule has 0 aliphatic carbocycles. The second kappa shape index (κ2) is 5.97. The number of halogens is 2. The number of anilines is 2. The lowest BCUT2D eigenvalue weighted by atomic mass is 10.2. The maximum absolute atomic E-state index is 13.2. The molecular weight excluding hydrogens is 265 g/mol. The highest BCUT2D eigenvalue weighted by Crippen LogP contribution is 2.20. The molecule has 0 aliphatic rings. The molecule has 1 aromatic heterocycles. The molecular formula is C14H15ClFN3. The highest BCUT2D eigenvalue weighted by molar-refractivity contribution is 6.29. The summed E-state index contributed by atoms with van der Waals surface area (Å²) in [6.07, 6.45) is 1.73. The maximum atomic E-state index is 13.2. The monoisotopic (exact) mass is 279 g/mol. The molecule has 0 amide bonds. The van der Waals surface area contributed by atoms with Gasteiger partial charge in [0.05, 0.1) is 0 Å². The number of hydrogen-bond donors (Lipinski definition) is 1. The number of rotatable bonds is 4. The zero-order valence-corrected chi connectivity index (χ0v) is 11.6. The molecule has 19 heavy (non-hydrogen) atoms. The Morgan fingerprint density at radius 2 is 2.05 bits per heavy atom. The van der Waals surface area contributed by atoms with Crippen LogP contribution in [0.15, 0.2) is 24.3 Å². The average Bonchev–Trinajstić information content (AvgIpc) is 2.33.